The van der Waals surface area contributed by atoms with E-state index >= 15 is 0 Å². The lowest BCUT2D eigenvalue weighted by Gasteiger charge is -2.26. The first-order valence-electron chi connectivity index (χ1n) is 11.9. The van der Waals surface area contributed by atoms with E-state index in [1.807, 2.05) is 6.92 Å². The van der Waals surface area contributed by atoms with Crippen molar-refractivity contribution >= 4 is 35.6 Å². The molecule has 4 amide bonds. The van der Waals surface area contributed by atoms with E-state index in [-0.39, 0.29) is 31.6 Å². The molecule has 0 aromatic carbocycles. The average molecular weight is 517 g/mol. The maximum absolute atomic E-state index is 13.0. The number of carboxylic acid groups (broad SMARTS) is 2. The van der Waals surface area contributed by atoms with Crippen LogP contribution in [0.15, 0.2) is 0 Å². The number of carbonyl (C=O) groups excluding carboxylic acids is 4. The molecular weight excluding hydrogens is 476 g/mol. The van der Waals surface area contributed by atoms with Gasteiger partial charge in [-0.05, 0) is 44.6 Å². The highest BCUT2D eigenvalue weighted by molar-refractivity contribution is 5.94. The number of nitrogens with one attached hydrogen (secondary N) is 3. The fourth-order valence-electron chi connectivity index (χ4n) is 3.17. The van der Waals surface area contributed by atoms with Gasteiger partial charge in [0.25, 0.3) is 0 Å². The van der Waals surface area contributed by atoms with Gasteiger partial charge in [0.2, 0.25) is 23.6 Å². The third kappa shape index (κ3) is 13.0. The number of rotatable bonds is 19. The van der Waals surface area contributed by atoms with Crippen LogP contribution in [0.3, 0.4) is 0 Å². The zero-order chi connectivity index (χ0) is 27.8. The van der Waals surface area contributed by atoms with Gasteiger partial charge in [0.05, 0.1) is 6.04 Å². The Labute approximate surface area is 210 Å². The van der Waals surface area contributed by atoms with Gasteiger partial charge in [0, 0.05) is 12.8 Å². The standard InChI is InChI=1S/C22H40N6O8/c1-3-12(2)18(25)21(34)27-13(7-9-16(24)29)19(32)26-14(8-10-17(30)31)20(33)28-15(22(35)36)6-4-5-11-23/h12-15,18H,3-11,23,25H2,1-2H3,(H2,24,29)(H,26,32)(H,27,34)(H,28,33)(H,30,31)(H,35,36). The van der Waals surface area contributed by atoms with Crippen LogP contribution in [0.4, 0.5) is 0 Å². The van der Waals surface area contributed by atoms with E-state index in [0.717, 1.165) is 0 Å². The third-order valence-electron chi connectivity index (χ3n) is 5.71. The Kier molecular flexibility index (Phi) is 15.7. The van der Waals surface area contributed by atoms with Crippen LogP contribution in [-0.4, -0.2) is 76.5 Å². The number of hydrogen-bond acceptors (Lipinski definition) is 8. The quantitative estimate of drug-likeness (QED) is 0.0889. The Balaban J connectivity index is 5.63. The first-order valence-corrected chi connectivity index (χ1v) is 11.9. The van der Waals surface area contributed by atoms with Gasteiger partial charge in [-0.2, -0.15) is 0 Å². The van der Waals surface area contributed by atoms with Crippen molar-refractivity contribution in [2.24, 2.45) is 23.1 Å². The van der Waals surface area contributed by atoms with Crippen LogP contribution in [0.1, 0.15) is 65.2 Å². The Morgan fingerprint density at radius 2 is 1.28 bits per heavy atom. The van der Waals surface area contributed by atoms with E-state index in [0.29, 0.717) is 25.8 Å². The molecular formula is C22H40N6O8. The van der Waals surface area contributed by atoms with E-state index in [1.165, 1.54) is 0 Å². The smallest absolute Gasteiger partial charge is 0.326 e. The van der Waals surface area contributed by atoms with Crippen LogP contribution >= 0.6 is 0 Å². The summed E-state index contributed by atoms with van der Waals surface area (Å²) in [6, 6.07) is -4.91. The highest BCUT2D eigenvalue weighted by Crippen LogP contribution is 2.08. The molecule has 0 aromatic heterocycles. The van der Waals surface area contributed by atoms with Crippen molar-refractivity contribution in [3.8, 4) is 0 Å². The molecule has 11 N–H and O–H groups in total. The maximum atomic E-state index is 13.0. The SMILES string of the molecule is CCC(C)C(N)C(=O)NC(CCC(N)=O)C(=O)NC(CCC(=O)O)C(=O)NC(CCCCN)C(=O)O. The molecule has 206 valence electrons. The predicted molar refractivity (Wildman–Crippen MR) is 129 cm³/mol. The van der Waals surface area contributed by atoms with E-state index < -0.39 is 66.2 Å². The Morgan fingerprint density at radius 3 is 1.72 bits per heavy atom. The van der Waals surface area contributed by atoms with Crippen molar-refractivity contribution < 1.29 is 39.0 Å². The lowest BCUT2D eigenvalue weighted by atomic mass is 9.98. The van der Waals surface area contributed by atoms with Crippen molar-refractivity contribution in [2.45, 2.75) is 89.4 Å². The Hall–Kier alpha value is -3.26. The molecule has 0 spiro atoms. The van der Waals surface area contributed by atoms with Gasteiger partial charge >= 0.3 is 11.9 Å². The van der Waals surface area contributed by atoms with Gasteiger partial charge in [0.15, 0.2) is 0 Å². The summed E-state index contributed by atoms with van der Waals surface area (Å²) >= 11 is 0. The molecule has 0 aliphatic carbocycles. The van der Waals surface area contributed by atoms with Crippen LogP contribution in [0.2, 0.25) is 0 Å². The fraction of sp³-hybridized carbons (Fsp3) is 0.727. The van der Waals surface area contributed by atoms with Crippen LogP contribution in [0, 0.1) is 5.92 Å². The van der Waals surface area contributed by atoms with E-state index in [1.54, 1.807) is 6.92 Å². The summed E-state index contributed by atoms with van der Waals surface area (Å²) in [6.07, 6.45) is 0.361. The highest BCUT2D eigenvalue weighted by Gasteiger charge is 2.31. The summed E-state index contributed by atoms with van der Waals surface area (Å²) in [6.45, 7) is 3.93. The third-order valence-corrected chi connectivity index (χ3v) is 5.71. The second-order valence-electron chi connectivity index (χ2n) is 8.65. The van der Waals surface area contributed by atoms with Gasteiger partial charge in [-0.25, -0.2) is 4.79 Å². The molecule has 0 fully saturated rings. The second kappa shape index (κ2) is 17.2. The van der Waals surface area contributed by atoms with Gasteiger partial charge < -0.3 is 43.4 Å². The molecule has 0 saturated heterocycles. The first-order chi connectivity index (χ1) is 16.8. The molecule has 5 atom stereocenters. The minimum Gasteiger partial charge on any atom is -0.481 e. The zero-order valence-corrected chi connectivity index (χ0v) is 20.8. The number of nitrogens with two attached hydrogens (primary N) is 3. The Morgan fingerprint density at radius 1 is 0.778 bits per heavy atom. The number of carboxylic acids is 2. The van der Waals surface area contributed by atoms with Crippen LogP contribution in [0.5, 0.6) is 0 Å². The second-order valence-corrected chi connectivity index (χ2v) is 8.65. The lowest BCUT2D eigenvalue weighted by Crippen LogP contribution is -2.57. The van der Waals surface area contributed by atoms with Gasteiger partial charge in [-0.1, -0.05) is 20.3 Å². The largest absolute Gasteiger partial charge is 0.481 e. The van der Waals surface area contributed by atoms with Crippen LogP contribution in [-0.2, 0) is 28.8 Å². The van der Waals surface area contributed by atoms with Crippen LogP contribution < -0.4 is 33.2 Å². The number of amides is 4. The zero-order valence-electron chi connectivity index (χ0n) is 20.8. The van der Waals surface area contributed by atoms with Crippen molar-refractivity contribution in [2.75, 3.05) is 6.54 Å². The molecule has 0 rings (SSSR count). The van der Waals surface area contributed by atoms with Gasteiger partial charge in [-0.15, -0.1) is 0 Å². The molecule has 0 aromatic rings. The summed E-state index contributed by atoms with van der Waals surface area (Å²) in [7, 11) is 0. The Bertz CT molecular complexity index is 778. The van der Waals surface area contributed by atoms with Crippen molar-refractivity contribution in [1.29, 1.82) is 0 Å². The van der Waals surface area contributed by atoms with E-state index in [9.17, 15) is 33.9 Å². The van der Waals surface area contributed by atoms with E-state index in [4.69, 9.17) is 22.3 Å². The van der Waals surface area contributed by atoms with Crippen molar-refractivity contribution in [3.05, 3.63) is 0 Å². The highest BCUT2D eigenvalue weighted by atomic mass is 16.4. The minimum atomic E-state index is -1.42. The van der Waals surface area contributed by atoms with Crippen molar-refractivity contribution in [1.82, 2.24) is 16.0 Å². The van der Waals surface area contributed by atoms with Gasteiger partial charge in [-0.3, -0.25) is 24.0 Å². The molecule has 0 aliphatic rings. The minimum absolute atomic E-state index is 0.0860. The van der Waals surface area contributed by atoms with Crippen molar-refractivity contribution in [3.63, 3.8) is 0 Å². The number of primary amides is 1. The lowest BCUT2D eigenvalue weighted by molar-refractivity contribution is -0.143. The summed E-state index contributed by atoms with van der Waals surface area (Å²) in [5, 5.41) is 25.5. The molecule has 5 unspecified atom stereocenters. The normalized spacial score (nSPS) is 15.0. The number of unbranched alkanes of at least 4 members (excludes halogenated alkanes) is 1. The van der Waals surface area contributed by atoms with Crippen LogP contribution in [0.25, 0.3) is 0 Å². The fourth-order valence-corrected chi connectivity index (χ4v) is 3.17. The molecule has 14 heteroatoms. The molecule has 14 nitrogen and oxygen atoms in total. The summed E-state index contributed by atoms with van der Waals surface area (Å²) in [5.41, 5.74) is 16.5. The molecule has 36 heavy (non-hydrogen) atoms. The molecule has 0 radical (unpaired) electrons. The first kappa shape index (κ1) is 32.7. The number of hydrogen-bond donors (Lipinski definition) is 8. The van der Waals surface area contributed by atoms with Gasteiger partial charge in [0.1, 0.15) is 18.1 Å². The average Bonchev–Trinajstić information content (AvgIpc) is 2.81. The monoisotopic (exact) mass is 516 g/mol. The van der Waals surface area contributed by atoms with E-state index in [2.05, 4.69) is 16.0 Å². The summed E-state index contributed by atoms with van der Waals surface area (Å²) in [5.74, 6) is -5.89. The molecule has 0 heterocycles. The number of carbonyl (C=O) groups is 6. The predicted octanol–water partition coefficient (Wildman–Crippen LogP) is -1.84. The maximum Gasteiger partial charge on any atom is 0.326 e. The summed E-state index contributed by atoms with van der Waals surface area (Å²) < 4.78 is 0. The summed E-state index contributed by atoms with van der Waals surface area (Å²) in [4.78, 5) is 72.1. The molecule has 0 aliphatic heterocycles. The molecule has 0 bridgehead atoms. The number of aliphatic carboxylic acids is 2. The molecule has 0 saturated carbocycles. The topological polar surface area (TPSA) is 257 Å².